The van der Waals surface area contributed by atoms with Crippen LogP contribution in [0.1, 0.15) is 37.7 Å². The SMILES string of the molecule is O=C(NCC1(c2ccc(F)cc2)CCC1)C1(O)CCSCC1. The van der Waals surface area contributed by atoms with Crippen molar-refractivity contribution < 1.29 is 14.3 Å². The molecule has 0 bridgehead atoms. The first-order valence-corrected chi connectivity index (χ1v) is 9.04. The monoisotopic (exact) mass is 323 g/mol. The molecule has 0 atom stereocenters. The first kappa shape index (κ1) is 15.8. The smallest absolute Gasteiger partial charge is 0.252 e. The Kier molecular flexibility index (Phi) is 4.46. The summed E-state index contributed by atoms with van der Waals surface area (Å²) in [4.78, 5) is 12.4. The van der Waals surface area contributed by atoms with E-state index in [4.69, 9.17) is 0 Å². The maximum Gasteiger partial charge on any atom is 0.252 e. The number of thioether (sulfide) groups is 1. The maximum atomic E-state index is 13.1. The van der Waals surface area contributed by atoms with E-state index in [-0.39, 0.29) is 17.1 Å². The van der Waals surface area contributed by atoms with E-state index in [1.54, 1.807) is 11.8 Å². The van der Waals surface area contributed by atoms with E-state index in [9.17, 15) is 14.3 Å². The molecule has 1 heterocycles. The molecule has 3 nitrogen and oxygen atoms in total. The Labute approximate surface area is 134 Å². The lowest BCUT2D eigenvalue weighted by Crippen LogP contribution is -2.53. The summed E-state index contributed by atoms with van der Waals surface area (Å²) >= 11 is 1.78. The van der Waals surface area contributed by atoms with Gasteiger partial charge in [0.25, 0.3) is 5.91 Å². The van der Waals surface area contributed by atoms with Crippen molar-refractivity contribution in [2.75, 3.05) is 18.1 Å². The van der Waals surface area contributed by atoms with Crippen LogP contribution in [-0.4, -0.2) is 34.7 Å². The van der Waals surface area contributed by atoms with E-state index in [1.165, 1.54) is 12.1 Å². The van der Waals surface area contributed by atoms with Gasteiger partial charge in [-0.1, -0.05) is 18.6 Å². The van der Waals surface area contributed by atoms with E-state index in [0.29, 0.717) is 19.4 Å². The summed E-state index contributed by atoms with van der Waals surface area (Å²) in [6.45, 7) is 0.521. The van der Waals surface area contributed by atoms with E-state index in [0.717, 1.165) is 36.3 Å². The molecule has 1 aliphatic carbocycles. The van der Waals surface area contributed by atoms with E-state index in [2.05, 4.69) is 5.32 Å². The summed E-state index contributed by atoms with van der Waals surface area (Å²) in [7, 11) is 0. The lowest BCUT2D eigenvalue weighted by Gasteiger charge is -2.43. The Bertz CT molecular complexity index is 536. The molecule has 120 valence electrons. The molecule has 0 radical (unpaired) electrons. The van der Waals surface area contributed by atoms with Crippen molar-refractivity contribution in [2.24, 2.45) is 0 Å². The van der Waals surface area contributed by atoms with E-state index in [1.807, 2.05) is 12.1 Å². The van der Waals surface area contributed by atoms with Crippen molar-refractivity contribution >= 4 is 17.7 Å². The van der Waals surface area contributed by atoms with Gasteiger partial charge in [-0.15, -0.1) is 0 Å². The van der Waals surface area contributed by atoms with Gasteiger partial charge in [0.2, 0.25) is 0 Å². The summed E-state index contributed by atoms with van der Waals surface area (Å²) in [5.41, 5.74) is -0.228. The minimum absolute atomic E-state index is 0.0941. The molecule has 5 heteroatoms. The van der Waals surface area contributed by atoms with Crippen molar-refractivity contribution in [3.05, 3.63) is 35.6 Å². The quantitative estimate of drug-likeness (QED) is 0.895. The largest absolute Gasteiger partial charge is 0.380 e. The molecular weight excluding hydrogens is 301 g/mol. The van der Waals surface area contributed by atoms with Crippen LogP contribution in [0.15, 0.2) is 24.3 Å². The number of carbonyl (C=O) groups excluding carboxylic acids is 1. The molecule has 1 aliphatic heterocycles. The number of carbonyl (C=O) groups is 1. The van der Waals surface area contributed by atoms with Crippen LogP contribution in [-0.2, 0) is 10.2 Å². The Morgan fingerprint density at radius 1 is 1.18 bits per heavy atom. The predicted octanol–water partition coefficient (Wildman–Crippen LogP) is 2.62. The van der Waals surface area contributed by atoms with Gasteiger partial charge in [0.05, 0.1) is 0 Å². The van der Waals surface area contributed by atoms with Crippen LogP contribution in [0, 0.1) is 5.82 Å². The molecule has 22 heavy (non-hydrogen) atoms. The molecule has 1 amide bonds. The van der Waals surface area contributed by atoms with Gasteiger partial charge >= 0.3 is 0 Å². The van der Waals surface area contributed by atoms with Crippen LogP contribution < -0.4 is 5.32 Å². The molecule has 0 aromatic heterocycles. The van der Waals surface area contributed by atoms with Gasteiger partial charge in [0.1, 0.15) is 11.4 Å². The third kappa shape index (κ3) is 3.01. The second-order valence-electron chi connectivity index (χ2n) is 6.47. The lowest BCUT2D eigenvalue weighted by atomic mass is 9.64. The zero-order chi connectivity index (χ0) is 15.6. The minimum Gasteiger partial charge on any atom is -0.380 e. The number of hydrogen-bond acceptors (Lipinski definition) is 3. The highest BCUT2D eigenvalue weighted by atomic mass is 32.2. The zero-order valence-corrected chi connectivity index (χ0v) is 13.4. The highest BCUT2D eigenvalue weighted by Gasteiger charge is 2.42. The first-order chi connectivity index (χ1) is 10.5. The second-order valence-corrected chi connectivity index (χ2v) is 7.69. The maximum absolute atomic E-state index is 13.1. The average Bonchev–Trinajstić information content (AvgIpc) is 2.48. The van der Waals surface area contributed by atoms with Crippen molar-refractivity contribution in [3.63, 3.8) is 0 Å². The molecule has 1 aromatic rings. The van der Waals surface area contributed by atoms with Crippen LogP contribution in [0.4, 0.5) is 4.39 Å². The van der Waals surface area contributed by atoms with Gasteiger partial charge in [-0.05, 0) is 54.9 Å². The summed E-state index contributed by atoms with van der Waals surface area (Å²) < 4.78 is 13.1. The van der Waals surface area contributed by atoms with Crippen molar-refractivity contribution in [2.45, 2.75) is 43.1 Å². The predicted molar refractivity (Wildman–Crippen MR) is 86.4 cm³/mol. The molecular formula is C17H22FNO2S. The van der Waals surface area contributed by atoms with Gasteiger partial charge in [0.15, 0.2) is 0 Å². The van der Waals surface area contributed by atoms with Crippen molar-refractivity contribution in [3.8, 4) is 0 Å². The number of rotatable bonds is 4. The number of amides is 1. The summed E-state index contributed by atoms with van der Waals surface area (Å²) in [6.07, 6.45) is 4.15. The standard InChI is InChI=1S/C17H22FNO2S/c18-14-4-2-13(3-5-14)16(6-1-7-16)12-19-15(20)17(21)8-10-22-11-9-17/h2-5,21H,1,6-12H2,(H,19,20). The Hall–Kier alpha value is -1.07. The van der Waals surface area contributed by atoms with Gasteiger partial charge < -0.3 is 10.4 Å². The number of benzene rings is 1. The van der Waals surface area contributed by atoms with Gasteiger partial charge in [-0.2, -0.15) is 11.8 Å². The molecule has 3 rings (SSSR count). The molecule has 1 saturated carbocycles. The molecule has 1 saturated heterocycles. The van der Waals surface area contributed by atoms with Crippen LogP contribution in [0.3, 0.4) is 0 Å². The number of nitrogens with one attached hydrogen (secondary N) is 1. The summed E-state index contributed by atoms with van der Waals surface area (Å²) in [6, 6.07) is 6.57. The minimum atomic E-state index is -1.21. The third-order valence-electron chi connectivity index (χ3n) is 5.10. The van der Waals surface area contributed by atoms with Gasteiger partial charge in [-0.3, -0.25) is 4.79 Å². The highest BCUT2D eigenvalue weighted by molar-refractivity contribution is 7.99. The molecule has 0 unspecified atom stereocenters. The lowest BCUT2D eigenvalue weighted by molar-refractivity contribution is -0.141. The average molecular weight is 323 g/mol. The zero-order valence-electron chi connectivity index (χ0n) is 12.6. The third-order valence-corrected chi connectivity index (χ3v) is 6.08. The van der Waals surface area contributed by atoms with Crippen LogP contribution in [0.5, 0.6) is 0 Å². The van der Waals surface area contributed by atoms with Crippen LogP contribution in [0.2, 0.25) is 0 Å². The summed E-state index contributed by atoms with van der Waals surface area (Å²) in [5.74, 6) is 1.16. The Morgan fingerprint density at radius 2 is 1.82 bits per heavy atom. The van der Waals surface area contributed by atoms with E-state index < -0.39 is 5.60 Å². The molecule has 1 aromatic carbocycles. The molecule has 2 aliphatic rings. The molecule has 2 N–H and O–H groups in total. The van der Waals surface area contributed by atoms with Crippen LogP contribution >= 0.6 is 11.8 Å². The topological polar surface area (TPSA) is 49.3 Å². The number of hydrogen-bond donors (Lipinski definition) is 2. The van der Waals surface area contributed by atoms with Gasteiger partial charge in [0, 0.05) is 12.0 Å². The normalized spacial score (nSPS) is 22.6. The van der Waals surface area contributed by atoms with Crippen molar-refractivity contribution in [1.82, 2.24) is 5.32 Å². The Balaban J connectivity index is 1.66. The highest BCUT2D eigenvalue weighted by Crippen LogP contribution is 2.43. The Morgan fingerprint density at radius 3 is 2.36 bits per heavy atom. The van der Waals surface area contributed by atoms with Crippen LogP contribution in [0.25, 0.3) is 0 Å². The fraction of sp³-hybridized carbons (Fsp3) is 0.588. The molecule has 2 fully saturated rings. The molecule has 0 spiro atoms. The number of aliphatic hydroxyl groups is 1. The van der Waals surface area contributed by atoms with Crippen molar-refractivity contribution in [1.29, 1.82) is 0 Å². The van der Waals surface area contributed by atoms with Gasteiger partial charge in [-0.25, -0.2) is 4.39 Å². The summed E-state index contributed by atoms with van der Waals surface area (Å²) in [5, 5.41) is 13.4. The number of halogens is 1. The van der Waals surface area contributed by atoms with E-state index >= 15 is 0 Å². The fourth-order valence-corrected chi connectivity index (χ4v) is 4.49. The fourth-order valence-electron chi connectivity index (χ4n) is 3.32. The second kappa shape index (κ2) is 6.20. The first-order valence-electron chi connectivity index (χ1n) is 7.89.